The van der Waals surface area contributed by atoms with Crippen molar-refractivity contribution >= 4 is 17.0 Å². The minimum Gasteiger partial charge on any atom is -0.430 e. The van der Waals surface area contributed by atoms with Gasteiger partial charge >= 0.3 is 0 Å². The molecule has 0 atom stereocenters. The van der Waals surface area contributed by atoms with Crippen molar-refractivity contribution in [1.82, 2.24) is 15.0 Å². The van der Waals surface area contributed by atoms with E-state index >= 15 is 0 Å². The number of hydrogen-bond acceptors (Lipinski definition) is 5. The molecule has 5 nitrogen and oxygen atoms in total. The van der Waals surface area contributed by atoms with Gasteiger partial charge in [-0.05, 0) is 17.7 Å². The minimum absolute atomic E-state index is 0.541. The molecule has 0 spiro atoms. The quantitative estimate of drug-likeness (QED) is 0.390. The molecule has 0 bridgehead atoms. The van der Waals surface area contributed by atoms with E-state index in [-0.39, 0.29) is 0 Å². The van der Waals surface area contributed by atoms with Crippen molar-refractivity contribution in [3.05, 3.63) is 96.6 Å². The molecule has 0 saturated carbocycles. The van der Waals surface area contributed by atoms with E-state index in [1.165, 1.54) is 5.56 Å². The first-order chi connectivity index (χ1) is 14.8. The van der Waals surface area contributed by atoms with Crippen LogP contribution in [0.5, 0.6) is 0 Å². The summed E-state index contributed by atoms with van der Waals surface area (Å²) in [6, 6.07) is 30.1. The Morgan fingerprint density at radius 3 is 1.97 bits per heavy atom. The van der Waals surface area contributed by atoms with E-state index in [1.54, 1.807) is 0 Å². The van der Waals surface area contributed by atoms with Crippen LogP contribution in [0.1, 0.15) is 5.56 Å². The van der Waals surface area contributed by atoms with Crippen molar-refractivity contribution in [1.29, 1.82) is 0 Å². The molecule has 0 N–H and O–H groups in total. The fourth-order valence-electron chi connectivity index (χ4n) is 3.42. The normalized spacial score (nSPS) is 11.0. The van der Waals surface area contributed by atoms with Gasteiger partial charge in [-0.15, -0.1) is 0 Å². The van der Waals surface area contributed by atoms with E-state index in [1.807, 2.05) is 85.9 Å². The molecule has 30 heavy (non-hydrogen) atoms. The first-order valence-electron chi connectivity index (χ1n) is 9.82. The smallest absolute Gasteiger partial charge is 0.229 e. The molecule has 0 radical (unpaired) electrons. The van der Waals surface area contributed by atoms with Gasteiger partial charge in [0.05, 0.1) is 0 Å². The minimum atomic E-state index is 0.541. The van der Waals surface area contributed by atoms with Gasteiger partial charge in [0.25, 0.3) is 0 Å². The molecule has 5 heteroatoms. The zero-order valence-corrected chi connectivity index (χ0v) is 16.6. The zero-order valence-electron chi connectivity index (χ0n) is 16.6. The van der Waals surface area contributed by atoms with Gasteiger partial charge in [-0.25, -0.2) is 9.97 Å². The fourth-order valence-corrected chi connectivity index (χ4v) is 3.42. The summed E-state index contributed by atoms with van der Waals surface area (Å²) in [5, 5.41) is 0. The molecule has 2 heterocycles. The van der Waals surface area contributed by atoms with E-state index in [0.29, 0.717) is 29.5 Å². The van der Waals surface area contributed by atoms with Crippen molar-refractivity contribution in [3.8, 4) is 22.8 Å². The summed E-state index contributed by atoms with van der Waals surface area (Å²) >= 11 is 0. The third kappa shape index (κ3) is 3.53. The molecule has 0 aliphatic heterocycles. The molecule has 0 amide bonds. The molecule has 0 saturated heterocycles. The lowest BCUT2D eigenvalue weighted by molar-refractivity contribution is 0.616. The van der Waals surface area contributed by atoms with E-state index in [0.717, 1.165) is 16.9 Å². The average Bonchev–Trinajstić information content (AvgIpc) is 3.24. The van der Waals surface area contributed by atoms with Crippen LogP contribution in [-0.2, 0) is 6.54 Å². The highest BCUT2D eigenvalue weighted by molar-refractivity contribution is 5.85. The first-order valence-corrected chi connectivity index (χ1v) is 9.82. The molecule has 0 unspecified atom stereocenters. The Bertz CT molecular complexity index is 1270. The van der Waals surface area contributed by atoms with Crippen LogP contribution >= 0.6 is 0 Å². The van der Waals surface area contributed by atoms with Gasteiger partial charge in [0.1, 0.15) is 0 Å². The van der Waals surface area contributed by atoms with E-state index in [9.17, 15) is 0 Å². The maximum absolute atomic E-state index is 6.16. The molecule has 0 aliphatic carbocycles. The van der Waals surface area contributed by atoms with Gasteiger partial charge in [0.2, 0.25) is 17.1 Å². The molecule has 5 rings (SSSR count). The van der Waals surface area contributed by atoms with Crippen molar-refractivity contribution in [2.45, 2.75) is 6.54 Å². The Hall–Kier alpha value is -3.99. The molecular weight excluding hydrogens is 372 g/mol. The lowest BCUT2D eigenvalue weighted by Crippen LogP contribution is -2.18. The molecule has 146 valence electrons. The van der Waals surface area contributed by atoms with Gasteiger partial charge in [-0.2, -0.15) is 4.98 Å². The lowest BCUT2D eigenvalue weighted by Gasteiger charge is -2.18. The van der Waals surface area contributed by atoms with E-state index in [2.05, 4.69) is 22.0 Å². The molecule has 0 aliphatic rings. The number of rotatable bonds is 5. The van der Waals surface area contributed by atoms with Crippen LogP contribution in [0, 0.1) is 0 Å². The Kier molecular flexibility index (Phi) is 4.69. The number of anilines is 1. The summed E-state index contributed by atoms with van der Waals surface area (Å²) in [5.74, 6) is 1.89. The van der Waals surface area contributed by atoms with Crippen molar-refractivity contribution < 1.29 is 4.42 Å². The molecule has 3 aromatic carbocycles. The van der Waals surface area contributed by atoms with Gasteiger partial charge in [0.15, 0.2) is 11.6 Å². The second-order valence-electron chi connectivity index (χ2n) is 7.12. The Morgan fingerprint density at radius 1 is 0.700 bits per heavy atom. The van der Waals surface area contributed by atoms with Crippen LogP contribution in [0.25, 0.3) is 34.1 Å². The Balaban J connectivity index is 1.65. The van der Waals surface area contributed by atoms with Crippen molar-refractivity contribution in [3.63, 3.8) is 0 Å². The van der Waals surface area contributed by atoms with Crippen LogP contribution in [0.3, 0.4) is 0 Å². The largest absolute Gasteiger partial charge is 0.430 e. The molecule has 2 aromatic heterocycles. The van der Waals surface area contributed by atoms with Crippen LogP contribution in [0.4, 0.5) is 5.82 Å². The van der Waals surface area contributed by atoms with Crippen molar-refractivity contribution in [2.24, 2.45) is 0 Å². The SMILES string of the molecule is CN(Cc1ccccc1)c1nc(-c2ccccc2)nc2nc(-c3ccccc3)oc12. The highest BCUT2D eigenvalue weighted by Gasteiger charge is 2.19. The zero-order chi connectivity index (χ0) is 20.3. The first kappa shape index (κ1) is 18.1. The summed E-state index contributed by atoms with van der Waals surface area (Å²) in [4.78, 5) is 16.3. The van der Waals surface area contributed by atoms with Crippen LogP contribution < -0.4 is 4.90 Å². The Labute approximate surface area is 174 Å². The predicted molar refractivity (Wildman–Crippen MR) is 119 cm³/mol. The summed E-state index contributed by atoms with van der Waals surface area (Å²) in [7, 11) is 2.01. The molecular formula is C25H20N4O. The highest BCUT2D eigenvalue weighted by Crippen LogP contribution is 2.31. The second kappa shape index (κ2) is 7.79. The number of fused-ring (bicyclic) bond motifs is 1. The maximum atomic E-state index is 6.16. The average molecular weight is 392 g/mol. The summed E-state index contributed by atoms with van der Waals surface area (Å²) in [6.07, 6.45) is 0. The van der Waals surface area contributed by atoms with Gasteiger partial charge in [-0.1, -0.05) is 78.9 Å². The maximum Gasteiger partial charge on any atom is 0.229 e. The van der Waals surface area contributed by atoms with E-state index in [4.69, 9.17) is 14.4 Å². The summed E-state index contributed by atoms with van der Waals surface area (Å²) < 4.78 is 6.16. The number of nitrogens with zero attached hydrogens (tertiary/aromatic N) is 4. The number of oxazole rings is 1. The fraction of sp³-hybridized carbons (Fsp3) is 0.0800. The Morgan fingerprint density at radius 2 is 1.30 bits per heavy atom. The van der Waals surface area contributed by atoms with Gasteiger partial charge in [-0.3, -0.25) is 0 Å². The monoisotopic (exact) mass is 392 g/mol. The van der Waals surface area contributed by atoms with E-state index < -0.39 is 0 Å². The van der Waals surface area contributed by atoms with Gasteiger partial charge in [0, 0.05) is 24.7 Å². The standard InChI is InChI=1S/C25H20N4O/c1-29(17-18-11-5-2-6-12-18)24-21-23(26-22(27-24)19-13-7-3-8-14-19)28-25(30-21)20-15-9-4-10-16-20/h2-16H,17H2,1H3. The highest BCUT2D eigenvalue weighted by atomic mass is 16.4. The third-order valence-corrected chi connectivity index (χ3v) is 4.91. The van der Waals surface area contributed by atoms with Crippen LogP contribution in [-0.4, -0.2) is 22.0 Å². The lowest BCUT2D eigenvalue weighted by atomic mass is 10.2. The second-order valence-corrected chi connectivity index (χ2v) is 7.12. The molecule has 5 aromatic rings. The number of hydrogen-bond donors (Lipinski definition) is 0. The molecule has 0 fully saturated rings. The van der Waals surface area contributed by atoms with Crippen molar-refractivity contribution in [2.75, 3.05) is 11.9 Å². The van der Waals surface area contributed by atoms with Crippen LogP contribution in [0.15, 0.2) is 95.4 Å². The number of benzene rings is 3. The number of aromatic nitrogens is 3. The third-order valence-electron chi connectivity index (χ3n) is 4.91. The van der Waals surface area contributed by atoms with Crippen LogP contribution in [0.2, 0.25) is 0 Å². The predicted octanol–water partition coefficient (Wildman–Crippen LogP) is 5.59. The van der Waals surface area contributed by atoms with Gasteiger partial charge < -0.3 is 9.32 Å². The summed E-state index contributed by atoms with van der Waals surface area (Å²) in [5.41, 5.74) is 4.19. The summed E-state index contributed by atoms with van der Waals surface area (Å²) in [6.45, 7) is 0.697. The topological polar surface area (TPSA) is 55.1 Å².